The number of nitrogens with zero attached hydrogens (tertiary/aromatic N) is 2. The van der Waals surface area contributed by atoms with Gasteiger partial charge in [-0.05, 0) is 25.6 Å². The van der Waals surface area contributed by atoms with E-state index >= 15 is 0 Å². The van der Waals surface area contributed by atoms with Crippen LogP contribution in [0.3, 0.4) is 0 Å². The van der Waals surface area contributed by atoms with Gasteiger partial charge in [0.05, 0.1) is 19.3 Å². The van der Waals surface area contributed by atoms with Crippen LogP contribution in [0, 0.1) is 0 Å². The zero-order valence-electron chi connectivity index (χ0n) is 11.8. The topological polar surface area (TPSA) is 46.6 Å². The molecule has 5 heteroatoms. The molecule has 1 fully saturated rings. The van der Waals surface area contributed by atoms with E-state index in [1.165, 1.54) is 0 Å². The van der Waals surface area contributed by atoms with Gasteiger partial charge in [0.2, 0.25) is 0 Å². The van der Waals surface area contributed by atoms with Crippen molar-refractivity contribution in [2.24, 2.45) is 0 Å². The number of aromatic nitrogens is 1. The number of ether oxygens (including phenoxy) is 2. The molecule has 5 nitrogen and oxygen atoms in total. The zero-order valence-corrected chi connectivity index (χ0v) is 11.8. The molecule has 1 aromatic rings. The molecule has 106 valence electrons. The molecule has 1 N–H and O–H groups in total. The van der Waals surface area contributed by atoms with E-state index in [-0.39, 0.29) is 6.10 Å². The van der Waals surface area contributed by atoms with Gasteiger partial charge < -0.3 is 14.8 Å². The molecule has 0 amide bonds. The fourth-order valence-corrected chi connectivity index (χ4v) is 2.20. The fourth-order valence-electron chi connectivity index (χ4n) is 2.20. The molecule has 0 aliphatic carbocycles. The van der Waals surface area contributed by atoms with Crippen molar-refractivity contribution in [3.63, 3.8) is 0 Å². The Morgan fingerprint density at radius 3 is 3.21 bits per heavy atom. The Morgan fingerprint density at radius 1 is 1.53 bits per heavy atom. The number of morpholine rings is 1. The Kier molecular flexibility index (Phi) is 5.42. The van der Waals surface area contributed by atoms with Crippen molar-refractivity contribution in [2.75, 3.05) is 44.7 Å². The maximum atomic E-state index is 5.76. The van der Waals surface area contributed by atoms with Gasteiger partial charge in [0.25, 0.3) is 0 Å². The minimum absolute atomic E-state index is 0.213. The van der Waals surface area contributed by atoms with Crippen LogP contribution < -0.4 is 10.1 Å². The molecule has 19 heavy (non-hydrogen) atoms. The molecule has 1 unspecified atom stereocenters. The predicted molar refractivity (Wildman–Crippen MR) is 75.7 cm³/mol. The smallest absolute Gasteiger partial charge is 0.168 e. The third-order valence-electron chi connectivity index (χ3n) is 3.24. The first kappa shape index (κ1) is 14.1. The highest BCUT2D eigenvalue weighted by Crippen LogP contribution is 2.20. The van der Waals surface area contributed by atoms with Gasteiger partial charge in [0.15, 0.2) is 11.6 Å². The maximum Gasteiger partial charge on any atom is 0.168 e. The number of rotatable bonds is 6. The second-order valence-electron chi connectivity index (χ2n) is 4.55. The molecule has 2 rings (SSSR count). The van der Waals surface area contributed by atoms with Crippen LogP contribution in [0.1, 0.15) is 13.8 Å². The number of likely N-dealkylation sites (N-methyl/N-ethyl adjacent to an activating group) is 1. The van der Waals surface area contributed by atoms with Crippen molar-refractivity contribution in [3.8, 4) is 5.75 Å². The third kappa shape index (κ3) is 4.08. The van der Waals surface area contributed by atoms with Crippen LogP contribution in [0.25, 0.3) is 0 Å². The Labute approximate surface area is 114 Å². The minimum Gasteiger partial charge on any atom is -0.490 e. The lowest BCUT2D eigenvalue weighted by molar-refractivity contribution is -0.0192. The van der Waals surface area contributed by atoms with Crippen LogP contribution in [0.4, 0.5) is 5.82 Å². The molecule has 1 aliphatic rings. The average Bonchev–Trinajstić information content (AvgIpc) is 2.47. The molecule has 1 saturated heterocycles. The first-order valence-corrected chi connectivity index (χ1v) is 6.99. The summed E-state index contributed by atoms with van der Waals surface area (Å²) in [6.45, 7) is 9.44. The Balaban J connectivity index is 1.87. The lowest BCUT2D eigenvalue weighted by atomic mass is 10.2. The maximum absolute atomic E-state index is 5.76. The van der Waals surface area contributed by atoms with Crippen molar-refractivity contribution in [2.45, 2.75) is 20.0 Å². The summed E-state index contributed by atoms with van der Waals surface area (Å²) >= 11 is 0. The van der Waals surface area contributed by atoms with Gasteiger partial charge in [-0.2, -0.15) is 0 Å². The first-order chi connectivity index (χ1) is 9.33. The summed E-state index contributed by atoms with van der Waals surface area (Å²) in [5.74, 6) is 1.59. The largest absolute Gasteiger partial charge is 0.490 e. The average molecular weight is 265 g/mol. The minimum atomic E-state index is 0.213. The van der Waals surface area contributed by atoms with Gasteiger partial charge >= 0.3 is 0 Å². The van der Waals surface area contributed by atoms with Crippen LogP contribution in [0.5, 0.6) is 5.75 Å². The van der Waals surface area contributed by atoms with E-state index in [0.29, 0.717) is 6.61 Å². The van der Waals surface area contributed by atoms with Gasteiger partial charge in [0.1, 0.15) is 0 Å². The zero-order chi connectivity index (χ0) is 13.5. The van der Waals surface area contributed by atoms with Gasteiger partial charge in [-0.1, -0.05) is 6.92 Å². The van der Waals surface area contributed by atoms with Gasteiger partial charge in [-0.3, -0.25) is 4.90 Å². The molecular weight excluding hydrogens is 242 g/mol. The van der Waals surface area contributed by atoms with Crippen LogP contribution in [0.15, 0.2) is 18.3 Å². The highest BCUT2D eigenvalue weighted by atomic mass is 16.5. The van der Waals surface area contributed by atoms with Crippen molar-refractivity contribution in [1.82, 2.24) is 9.88 Å². The number of hydrogen-bond donors (Lipinski definition) is 1. The summed E-state index contributed by atoms with van der Waals surface area (Å²) in [6.07, 6.45) is 1.98. The molecule has 1 aromatic heterocycles. The highest BCUT2D eigenvalue weighted by molar-refractivity contribution is 5.49. The van der Waals surface area contributed by atoms with Crippen molar-refractivity contribution < 1.29 is 9.47 Å². The molecule has 2 heterocycles. The van der Waals surface area contributed by atoms with Crippen molar-refractivity contribution in [3.05, 3.63) is 18.3 Å². The molecular formula is C14H23N3O2. The van der Waals surface area contributed by atoms with Crippen molar-refractivity contribution >= 4 is 5.82 Å². The number of pyridine rings is 1. The van der Waals surface area contributed by atoms with Crippen LogP contribution >= 0.6 is 0 Å². The summed E-state index contributed by atoms with van der Waals surface area (Å²) in [7, 11) is 0. The van der Waals surface area contributed by atoms with E-state index in [4.69, 9.17) is 9.47 Å². The van der Waals surface area contributed by atoms with E-state index in [0.717, 1.165) is 44.4 Å². The Hall–Kier alpha value is -1.33. The van der Waals surface area contributed by atoms with E-state index in [1.807, 2.05) is 19.1 Å². The number of nitrogens with one attached hydrogen (secondary N) is 1. The van der Waals surface area contributed by atoms with Crippen LogP contribution in [0.2, 0.25) is 0 Å². The van der Waals surface area contributed by atoms with Crippen LogP contribution in [-0.2, 0) is 4.74 Å². The Bertz CT molecular complexity index is 387. The standard InChI is InChI=1S/C14H23N3O2/c1-3-17-8-9-19-12(11-17)10-16-14-13(18-4-2)6-5-7-15-14/h5-7,12H,3-4,8-11H2,1-2H3,(H,15,16). The normalized spacial score (nSPS) is 20.2. The monoisotopic (exact) mass is 265 g/mol. The highest BCUT2D eigenvalue weighted by Gasteiger charge is 2.19. The second-order valence-corrected chi connectivity index (χ2v) is 4.55. The first-order valence-electron chi connectivity index (χ1n) is 6.99. The quantitative estimate of drug-likeness (QED) is 0.847. The lowest BCUT2D eigenvalue weighted by Gasteiger charge is -2.32. The van der Waals surface area contributed by atoms with Crippen molar-refractivity contribution in [1.29, 1.82) is 0 Å². The van der Waals surface area contributed by atoms with Gasteiger partial charge in [-0.15, -0.1) is 0 Å². The van der Waals surface area contributed by atoms with Gasteiger partial charge in [0, 0.05) is 25.8 Å². The summed E-state index contributed by atoms with van der Waals surface area (Å²) in [5, 5.41) is 3.32. The Morgan fingerprint density at radius 2 is 2.42 bits per heavy atom. The van der Waals surface area contributed by atoms with E-state index in [1.54, 1.807) is 6.20 Å². The second kappa shape index (κ2) is 7.31. The summed E-state index contributed by atoms with van der Waals surface area (Å²) in [4.78, 5) is 6.72. The molecule has 0 spiro atoms. The SMILES string of the molecule is CCOc1cccnc1NCC1CN(CC)CCO1. The predicted octanol–water partition coefficient (Wildman–Crippen LogP) is 1.61. The molecule has 1 atom stereocenters. The number of hydrogen-bond acceptors (Lipinski definition) is 5. The molecule has 0 saturated carbocycles. The molecule has 1 aliphatic heterocycles. The van der Waals surface area contributed by atoms with E-state index < -0.39 is 0 Å². The molecule has 0 radical (unpaired) electrons. The van der Waals surface area contributed by atoms with E-state index in [9.17, 15) is 0 Å². The third-order valence-corrected chi connectivity index (χ3v) is 3.24. The summed E-state index contributed by atoms with van der Waals surface area (Å²) in [5.41, 5.74) is 0. The lowest BCUT2D eigenvalue weighted by Crippen LogP contribution is -2.45. The summed E-state index contributed by atoms with van der Waals surface area (Å²) < 4.78 is 11.3. The van der Waals surface area contributed by atoms with Gasteiger partial charge in [-0.25, -0.2) is 4.98 Å². The fraction of sp³-hybridized carbons (Fsp3) is 0.643. The summed E-state index contributed by atoms with van der Waals surface area (Å²) in [6, 6.07) is 3.81. The van der Waals surface area contributed by atoms with E-state index in [2.05, 4.69) is 22.1 Å². The molecule has 0 aromatic carbocycles. The number of anilines is 1. The molecule has 0 bridgehead atoms. The van der Waals surface area contributed by atoms with Crippen LogP contribution in [-0.4, -0.2) is 55.4 Å².